The number of benzene rings is 4. The van der Waals surface area contributed by atoms with Crippen LogP contribution in [0.15, 0.2) is 96.1 Å². The zero-order valence-corrected chi connectivity index (χ0v) is 16.9. The Morgan fingerprint density at radius 3 is 2.40 bits per heavy atom. The van der Waals surface area contributed by atoms with Gasteiger partial charge in [-0.15, -0.1) is 0 Å². The Kier molecular flexibility index (Phi) is 6.25. The first-order valence-corrected chi connectivity index (χ1v) is 9.91. The van der Waals surface area contributed by atoms with Crippen LogP contribution in [-0.2, 0) is 13.2 Å². The monoisotopic (exact) mass is 396 g/mol. The Labute approximate surface area is 176 Å². The molecular weight excluding hydrogens is 372 g/mol. The summed E-state index contributed by atoms with van der Waals surface area (Å²) in [5, 5.41) is 6.75. The van der Waals surface area contributed by atoms with E-state index in [0.717, 1.165) is 22.6 Å². The lowest BCUT2D eigenvalue weighted by Gasteiger charge is -2.09. The minimum atomic E-state index is 0.537. The third-order valence-electron chi connectivity index (χ3n) is 4.92. The van der Waals surface area contributed by atoms with E-state index in [0.29, 0.717) is 13.2 Å². The van der Waals surface area contributed by atoms with Gasteiger partial charge in [-0.3, -0.25) is 0 Å². The molecule has 4 aromatic carbocycles. The lowest BCUT2D eigenvalue weighted by molar-refractivity contribution is 0.307. The molecule has 0 aliphatic carbocycles. The normalized spacial score (nSPS) is 11.0. The Morgan fingerprint density at radius 2 is 1.53 bits per heavy atom. The highest BCUT2D eigenvalue weighted by molar-refractivity contribution is 5.85. The molecule has 0 radical (unpaired) electrons. The van der Waals surface area contributed by atoms with Gasteiger partial charge >= 0.3 is 0 Å². The molecule has 0 bridgehead atoms. The maximum atomic E-state index is 5.99. The number of nitrogens with one attached hydrogen (secondary N) is 1. The fourth-order valence-corrected chi connectivity index (χ4v) is 3.33. The average Bonchev–Trinajstić information content (AvgIpc) is 2.81. The van der Waals surface area contributed by atoms with Gasteiger partial charge in [0.2, 0.25) is 0 Å². The molecule has 30 heavy (non-hydrogen) atoms. The maximum Gasteiger partial charge on any atom is 0.123 e. The number of para-hydroxylation sites is 1. The van der Waals surface area contributed by atoms with Crippen molar-refractivity contribution in [2.45, 2.75) is 13.2 Å². The maximum absolute atomic E-state index is 5.99. The van der Waals surface area contributed by atoms with E-state index >= 15 is 0 Å². The third-order valence-corrected chi connectivity index (χ3v) is 4.92. The van der Waals surface area contributed by atoms with E-state index in [1.54, 1.807) is 13.3 Å². The topological polar surface area (TPSA) is 42.8 Å². The first-order chi connectivity index (χ1) is 14.8. The predicted octanol–water partition coefficient (Wildman–Crippen LogP) is 5.55. The predicted molar refractivity (Wildman–Crippen MR) is 122 cm³/mol. The summed E-state index contributed by atoms with van der Waals surface area (Å²) in [5.74, 6) is 1.69. The Bertz CT molecular complexity index is 1130. The molecule has 4 aromatic rings. The molecule has 0 unspecified atom stereocenters. The SMILES string of the molecule is COc1ccccc1CN/N=C\c1ccc(OCc2cccc3ccccc23)cc1. The van der Waals surface area contributed by atoms with Gasteiger partial charge in [0.25, 0.3) is 0 Å². The molecule has 4 nitrogen and oxygen atoms in total. The highest BCUT2D eigenvalue weighted by atomic mass is 16.5. The van der Waals surface area contributed by atoms with E-state index in [2.05, 4.69) is 53.0 Å². The summed E-state index contributed by atoms with van der Waals surface area (Å²) in [6.45, 7) is 1.14. The van der Waals surface area contributed by atoms with E-state index in [9.17, 15) is 0 Å². The molecular formula is C26H24N2O2. The van der Waals surface area contributed by atoms with Crippen molar-refractivity contribution in [3.05, 3.63) is 108 Å². The van der Waals surface area contributed by atoms with Crippen LogP contribution in [0.25, 0.3) is 10.8 Å². The van der Waals surface area contributed by atoms with Crippen molar-refractivity contribution < 1.29 is 9.47 Å². The lowest BCUT2D eigenvalue weighted by Crippen LogP contribution is -2.06. The number of hydrogen-bond donors (Lipinski definition) is 1. The summed E-state index contributed by atoms with van der Waals surface area (Å²) in [5.41, 5.74) is 6.31. The number of hydrazone groups is 1. The molecule has 0 fully saturated rings. The van der Waals surface area contributed by atoms with Gasteiger partial charge in [0.05, 0.1) is 19.9 Å². The molecule has 0 heterocycles. The van der Waals surface area contributed by atoms with Crippen molar-refractivity contribution in [1.82, 2.24) is 5.43 Å². The van der Waals surface area contributed by atoms with Crippen molar-refractivity contribution in [3.8, 4) is 11.5 Å². The summed E-state index contributed by atoms with van der Waals surface area (Å²) in [6, 6.07) is 30.5. The minimum absolute atomic E-state index is 0.537. The second-order valence-corrected chi connectivity index (χ2v) is 6.90. The van der Waals surface area contributed by atoms with E-state index in [4.69, 9.17) is 9.47 Å². The Morgan fingerprint density at radius 1 is 0.800 bits per heavy atom. The molecule has 0 saturated heterocycles. The molecule has 4 rings (SSSR count). The zero-order valence-electron chi connectivity index (χ0n) is 16.9. The quantitative estimate of drug-likeness (QED) is 0.314. The first-order valence-electron chi connectivity index (χ1n) is 9.91. The van der Waals surface area contributed by atoms with Gasteiger partial charge in [-0.2, -0.15) is 5.10 Å². The van der Waals surface area contributed by atoms with Crippen LogP contribution in [0, 0.1) is 0 Å². The fourth-order valence-electron chi connectivity index (χ4n) is 3.33. The van der Waals surface area contributed by atoms with Crippen LogP contribution in [0.2, 0.25) is 0 Å². The molecule has 0 aliphatic rings. The van der Waals surface area contributed by atoms with Crippen molar-refractivity contribution in [2.75, 3.05) is 7.11 Å². The number of methoxy groups -OCH3 is 1. The number of fused-ring (bicyclic) bond motifs is 1. The van der Waals surface area contributed by atoms with E-state index in [-0.39, 0.29) is 0 Å². The largest absolute Gasteiger partial charge is 0.496 e. The summed E-state index contributed by atoms with van der Waals surface area (Å²) in [7, 11) is 1.67. The molecule has 0 amide bonds. The van der Waals surface area contributed by atoms with Gasteiger partial charge in [-0.1, -0.05) is 60.7 Å². The number of ether oxygens (including phenoxy) is 2. The molecule has 4 heteroatoms. The molecule has 1 N–H and O–H groups in total. The highest BCUT2D eigenvalue weighted by Gasteiger charge is 2.02. The number of rotatable bonds is 8. The fraction of sp³-hybridized carbons (Fsp3) is 0.115. The molecule has 150 valence electrons. The standard InChI is InChI=1S/C26H24N2O2/c1-29-26-12-5-3-8-22(26)18-28-27-17-20-13-15-24(16-14-20)30-19-23-10-6-9-21-7-2-4-11-25(21)23/h2-17,28H,18-19H2,1H3/b27-17-. The molecule has 0 atom stereocenters. The van der Waals surface area contributed by atoms with Crippen LogP contribution in [0.4, 0.5) is 0 Å². The van der Waals surface area contributed by atoms with Gasteiger partial charge in [-0.05, 0) is 52.2 Å². The average molecular weight is 396 g/mol. The van der Waals surface area contributed by atoms with Crippen LogP contribution >= 0.6 is 0 Å². The number of nitrogens with zero attached hydrogens (tertiary/aromatic N) is 1. The van der Waals surface area contributed by atoms with Gasteiger partial charge in [0, 0.05) is 5.56 Å². The van der Waals surface area contributed by atoms with Crippen molar-refractivity contribution in [1.29, 1.82) is 0 Å². The van der Waals surface area contributed by atoms with Gasteiger partial charge in [-0.25, -0.2) is 0 Å². The summed E-state index contributed by atoms with van der Waals surface area (Å²) < 4.78 is 11.3. The second kappa shape index (κ2) is 9.61. The van der Waals surface area contributed by atoms with Gasteiger partial charge in [0.1, 0.15) is 18.1 Å². The van der Waals surface area contributed by atoms with E-state index in [1.807, 2.05) is 48.5 Å². The highest BCUT2D eigenvalue weighted by Crippen LogP contribution is 2.21. The minimum Gasteiger partial charge on any atom is -0.496 e. The second-order valence-electron chi connectivity index (χ2n) is 6.90. The van der Waals surface area contributed by atoms with Crippen molar-refractivity contribution in [3.63, 3.8) is 0 Å². The molecule has 0 saturated carbocycles. The Hall–Kier alpha value is -3.79. The lowest BCUT2D eigenvalue weighted by atomic mass is 10.1. The summed E-state index contributed by atoms with van der Waals surface area (Å²) >= 11 is 0. The van der Waals surface area contributed by atoms with Crippen LogP contribution in [-0.4, -0.2) is 13.3 Å². The zero-order chi connectivity index (χ0) is 20.6. The number of hydrogen-bond acceptors (Lipinski definition) is 4. The van der Waals surface area contributed by atoms with Crippen LogP contribution in [0.3, 0.4) is 0 Å². The van der Waals surface area contributed by atoms with Crippen LogP contribution < -0.4 is 14.9 Å². The van der Waals surface area contributed by atoms with Crippen LogP contribution in [0.5, 0.6) is 11.5 Å². The van der Waals surface area contributed by atoms with E-state index in [1.165, 1.54) is 16.3 Å². The molecule has 0 aliphatic heterocycles. The molecule has 0 aromatic heterocycles. The molecule has 0 spiro atoms. The van der Waals surface area contributed by atoms with Crippen molar-refractivity contribution in [2.24, 2.45) is 5.10 Å². The first kappa shape index (κ1) is 19.5. The van der Waals surface area contributed by atoms with Gasteiger partial charge < -0.3 is 14.9 Å². The van der Waals surface area contributed by atoms with Crippen molar-refractivity contribution >= 4 is 17.0 Å². The van der Waals surface area contributed by atoms with Crippen LogP contribution in [0.1, 0.15) is 16.7 Å². The summed E-state index contributed by atoms with van der Waals surface area (Å²) in [4.78, 5) is 0. The van der Waals surface area contributed by atoms with E-state index < -0.39 is 0 Å². The smallest absolute Gasteiger partial charge is 0.123 e. The third kappa shape index (κ3) is 4.78. The summed E-state index contributed by atoms with van der Waals surface area (Å²) in [6.07, 6.45) is 1.80. The van der Waals surface area contributed by atoms with Gasteiger partial charge in [0.15, 0.2) is 0 Å². The Balaban J connectivity index is 1.32.